The summed E-state index contributed by atoms with van der Waals surface area (Å²) < 4.78 is 38.6. The third-order valence-corrected chi connectivity index (χ3v) is 5.54. The number of anilines is 1. The van der Waals surface area contributed by atoms with Gasteiger partial charge >= 0.3 is 6.18 Å². The van der Waals surface area contributed by atoms with E-state index in [9.17, 15) is 23.1 Å². The van der Waals surface area contributed by atoms with E-state index < -0.39 is 11.7 Å². The van der Waals surface area contributed by atoms with Crippen molar-refractivity contribution >= 4 is 11.6 Å². The molecule has 1 amide bonds. The summed E-state index contributed by atoms with van der Waals surface area (Å²) in [5, 5.41) is 9.82. The molecule has 1 heterocycles. The quantitative estimate of drug-likeness (QED) is 0.704. The summed E-state index contributed by atoms with van der Waals surface area (Å²) in [5.41, 5.74) is 6.23. The minimum Gasteiger partial charge on any atom is -0.398 e. The van der Waals surface area contributed by atoms with Crippen LogP contribution < -0.4 is 5.73 Å². The molecule has 2 aromatic rings. The fraction of sp³-hybridized carbons (Fsp3) is 0.409. The summed E-state index contributed by atoms with van der Waals surface area (Å²) in [7, 11) is 1.69. The van der Waals surface area contributed by atoms with Crippen LogP contribution >= 0.6 is 0 Å². The molecule has 1 saturated heterocycles. The third-order valence-electron chi connectivity index (χ3n) is 5.54. The van der Waals surface area contributed by atoms with Crippen molar-refractivity contribution in [1.82, 2.24) is 9.80 Å². The number of nitrogen functional groups attached to an aromatic ring is 1. The second-order valence-electron chi connectivity index (χ2n) is 7.72. The Morgan fingerprint density at radius 1 is 1.27 bits per heavy atom. The van der Waals surface area contributed by atoms with Crippen LogP contribution in [0.4, 0.5) is 18.9 Å². The lowest BCUT2D eigenvalue weighted by Crippen LogP contribution is -2.39. The number of carbonyl (C=O) groups excluding carboxylic acids is 1. The van der Waals surface area contributed by atoms with E-state index in [0.29, 0.717) is 25.1 Å². The first-order valence-electron chi connectivity index (χ1n) is 9.81. The van der Waals surface area contributed by atoms with Crippen molar-refractivity contribution < 1.29 is 23.1 Å². The lowest BCUT2D eigenvalue weighted by Gasteiger charge is -2.32. The molecule has 30 heavy (non-hydrogen) atoms. The number of hydrogen-bond acceptors (Lipinski definition) is 4. The number of hydrogen-bond donors (Lipinski definition) is 2. The van der Waals surface area contributed by atoms with Gasteiger partial charge in [0.2, 0.25) is 5.91 Å². The molecule has 0 aromatic heterocycles. The highest BCUT2D eigenvalue weighted by Gasteiger charge is 2.31. The summed E-state index contributed by atoms with van der Waals surface area (Å²) in [4.78, 5) is 16.7. The van der Waals surface area contributed by atoms with Gasteiger partial charge in [0, 0.05) is 32.4 Å². The highest BCUT2D eigenvalue weighted by molar-refractivity contribution is 5.80. The number of β-amino-alcohol motifs (C(OH)–C–C–N with tert-alkyl or cyclic N) is 1. The van der Waals surface area contributed by atoms with Crippen LogP contribution in [0.25, 0.3) is 0 Å². The second kappa shape index (κ2) is 9.06. The number of nitrogens with two attached hydrogens (primary N) is 1. The van der Waals surface area contributed by atoms with Crippen molar-refractivity contribution in [2.45, 2.75) is 31.2 Å². The number of amides is 1. The lowest BCUT2D eigenvalue weighted by atomic mass is 10.0. The molecule has 162 valence electrons. The number of aliphatic hydroxyl groups excluding tert-OH is 1. The first-order chi connectivity index (χ1) is 14.1. The van der Waals surface area contributed by atoms with E-state index in [4.69, 9.17) is 5.73 Å². The van der Waals surface area contributed by atoms with E-state index in [1.807, 2.05) is 30.3 Å². The fourth-order valence-electron chi connectivity index (χ4n) is 3.74. The lowest BCUT2D eigenvalue weighted by molar-refractivity contribution is -0.137. The molecular formula is C22H26F3N3O2. The molecular weight excluding hydrogens is 395 g/mol. The molecule has 3 N–H and O–H groups in total. The van der Waals surface area contributed by atoms with Crippen LogP contribution in [0.2, 0.25) is 0 Å². The van der Waals surface area contributed by atoms with Crippen LogP contribution in [0.3, 0.4) is 0 Å². The first-order valence-corrected chi connectivity index (χ1v) is 9.81. The van der Waals surface area contributed by atoms with Crippen LogP contribution in [0.5, 0.6) is 0 Å². The predicted molar refractivity (Wildman–Crippen MR) is 109 cm³/mol. The summed E-state index contributed by atoms with van der Waals surface area (Å²) in [6.07, 6.45) is -4.24. The second-order valence-corrected chi connectivity index (χ2v) is 7.72. The molecule has 2 unspecified atom stereocenters. The molecule has 1 aliphatic rings. The van der Waals surface area contributed by atoms with Gasteiger partial charge in [0.1, 0.15) is 0 Å². The Morgan fingerprint density at radius 2 is 1.97 bits per heavy atom. The van der Waals surface area contributed by atoms with Gasteiger partial charge in [-0.25, -0.2) is 0 Å². The Balaban J connectivity index is 1.77. The van der Waals surface area contributed by atoms with E-state index in [0.717, 1.165) is 24.2 Å². The Kier molecular flexibility index (Phi) is 6.67. The normalized spacial score (nSPS) is 18.4. The molecule has 2 aromatic carbocycles. The number of nitrogens with zero attached hydrogens (tertiary/aromatic N) is 2. The van der Waals surface area contributed by atoms with Gasteiger partial charge in [0.15, 0.2) is 0 Å². The van der Waals surface area contributed by atoms with Crippen molar-refractivity contribution in [3.05, 3.63) is 65.2 Å². The largest absolute Gasteiger partial charge is 0.416 e. The van der Waals surface area contributed by atoms with E-state index in [1.54, 1.807) is 11.9 Å². The highest BCUT2D eigenvalue weighted by atomic mass is 19.4. The zero-order valence-corrected chi connectivity index (χ0v) is 16.8. The SMILES string of the molecule is CN(C(=O)Cc1ccc(C(F)(F)F)cc1N)C(CN1CCC(O)C1)c1ccccc1. The van der Waals surface area contributed by atoms with E-state index in [-0.39, 0.29) is 30.2 Å². The Morgan fingerprint density at radius 3 is 2.53 bits per heavy atom. The van der Waals surface area contributed by atoms with Gasteiger partial charge < -0.3 is 15.7 Å². The van der Waals surface area contributed by atoms with Gasteiger partial charge in [-0.3, -0.25) is 9.69 Å². The van der Waals surface area contributed by atoms with Gasteiger partial charge in [0.25, 0.3) is 0 Å². The molecule has 5 nitrogen and oxygen atoms in total. The number of alkyl halides is 3. The maximum absolute atomic E-state index is 13.0. The Bertz CT molecular complexity index is 874. The Labute approximate surface area is 173 Å². The molecule has 0 bridgehead atoms. The summed E-state index contributed by atoms with van der Waals surface area (Å²) in [6.45, 7) is 1.86. The van der Waals surface area contributed by atoms with Crippen LogP contribution in [-0.4, -0.2) is 53.6 Å². The van der Waals surface area contributed by atoms with E-state index in [2.05, 4.69) is 4.90 Å². The number of carbonyl (C=O) groups is 1. The molecule has 8 heteroatoms. The summed E-state index contributed by atoms with van der Waals surface area (Å²) in [5.74, 6) is -0.241. The van der Waals surface area contributed by atoms with Crippen molar-refractivity contribution in [3.8, 4) is 0 Å². The molecule has 0 saturated carbocycles. The van der Waals surface area contributed by atoms with Crippen LogP contribution in [0.15, 0.2) is 48.5 Å². The van der Waals surface area contributed by atoms with E-state index in [1.165, 1.54) is 6.07 Å². The maximum atomic E-state index is 13.0. The molecule has 1 aliphatic heterocycles. The smallest absolute Gasteiger partial charge is 0.398 e. The average Bonchev–Trinajstić information content (AvgIpc) is 3.11. The number of aliphatic hydroxyl groups is 1. The number of rotatable bonds is 6. The van der Waals surface area contributed by atoms with Gasteiger partial charge in [-0.15, -0.1) is 0 Å². The predicted octanol–water partition coefficient (Wildman–Crippen LogP) is 3.10. The van der Waals surface area contributed by atoms with Gasteiger partial charge in [-0.1, -0.05) is 36.4 Å². The van der Waals surface area contributed by atoms with Crippen molar-refractivity contribution in [2.75, 3.05) is 32.4 Å². The zero-order chi connectivity index (χ0) is 21.9. The summed E-state index contributed by atoms with van der Waals surface area (Å²) in [6, 6.07) is 12.4. The van der Waals surface area contributed by atoms with Crippen molar-refractivity contribution in [2.24, 2.45) is 0 Å². The van der Waals surface area contributed by atoms with Gasteiger partial charge in [-0.05, 0) is 29.7 Å². The van der Waals surface area contributed by atoms with Gasteiger partial charge in [-0.2, -0.15) is 13.2 Å². The number of halogens is 3. The summed E-state index contributed by atoms with van der Waals surface area (Å²) >= 11 is 0. The van der Waals surface area contributed by atoms with Crippen molar-refractivity contribution in [3.63, 3.8) is 0 Å². The van der Waals surface area contributed by atoms with Crippen LogP contribution in [0.1, 0.15) is 29.2 Å². The number of likely N-dealkylation sites (N-methyl/N-ethyl adjacent to an activating group) is 1. The number of benzene rings is 2. The van der Waals surface area contributed by atoms with Crippen molar-refractivity contribution in [1.29, 1.82) is 0 Å². The van der Waals surface area contributed by atoms with Gasteiger partial charge in [0.05, 0.1) is 24.1 Å². The van der Waals surface area contributed by atoms with E-state index >= 15 is 0 Å². The topological polar surface area (TPSA) is 69.8 Å². The fourth-order valence-corrected chi connectivity index (χ4v) is 3.74. The standard InChI is InChI=1S/C22H26F3N3O2/c1-27(21(30)11-16-7-8-17(12-19(16)26)22(23,24)25)20(15-5-3-2-4-6-15)14-28-10-9-18(29)13-28/h2-8,12,18,20,29H,9-11,13-14,26H2,1H3. The first kappa shape index (κ1) is 22.1. The zero-order valence-electron chi connectivity index (χ0n) is 16.8. The van der Waals surface area contributed by atoms with Crippen LogP contribution in [-0.2, 0) is 17.4 Å². The number of likely N-dealkylation sites (tertiary alicyclic amines) is 1. The molecule has 1 fully saturated rings. The maximum Gasteiger partial charge on any atom is 0.416 e. The minimum atomic E-state index is -4.48. The molecule has 0 spiro atoms. The molecule has 2 atom stereocenters. The highest BCUT2D eigenvalue weighted by Crippen LogP contribution is 2.32. The molecule has 3 rings (SSSR count). The monoisotopic (exact) mass is 421 g/mol. The average molecular weight is 421 g/mol. The molecule has 0 aliphatic carbocycles. The third kappa shape index (κ3) is 5.31. The molecule has 0 radical (unpaired) electrons. The van der Waals surface area contributed by atoms with Crippen LogP contribution in [0, 0.1) is 0 Å². The Hall–Kier alpha value is -2.58. The minimum absolute atomic E-state index is 0.0505.